The van der Waals surface area contributed by atoms with Crippen LogP contribution in [0.4, 0.5) is 10.1 Å². The molecular weight excluding hydrogens is 351 g/mol. The van der Waals surface area contributed by atoms with E-state index in [1.165, 1.54) is 37.4 Å². The normalized spacial score (nSPS) is 11.5. The van der Waals surface area contributed by atoms with Crippen molar-refractivity contribution in [2.24, 2.45) is 0 Å². The van der Waals surface area contributed by atoms with Crippen LogP contribution in [0.25, 0.3) is 0 Å². The van der Waals surface area contributed by atoms with Crippen molar-refractivity contribution in [1.82, 2.24) is 4.31 Å². The van der Waals surface area contributed by atoms with Gasteiger partial charge in [0.1, 0.15) is 6.61 Å². The molecule has 0 spiro atoms. The molecule has 0 fully saturated rings. The molecule has 0 atom stereocenters. The number of nitrogens with zero attached hydrogens (tertiary/aromatic N) is 2. The van der Waals surface area contributed by atoms with Gasteiger partial charge in [0.2, 0.25) is 10.0 Å². The van der Waals surface area contributed by atoms with Gasteiger partial charge in [-0.1, -0.05) is 18.2 Å². The van der Waals surface area contributed by atoms with Crippen LogP contribution in [0.5, 0.6) is 5.75 Å². The molecule has 0 bridgehead atoms. The molecule has 7 nitrogen and oxygen atoms in total. The second kappa shape index (κ2) is 7.58. The van der Waals surface area contributed by atoms with Gasteiger partial charge in [-0.2, -0.15) is 4.31 Å². The number of nitro benzene ring substituents is 1. The lowest BCUT2D eigenvalue weighted by atomic mass is 10.2. The maximum atomic E-state index is 13.5. The second-order valence-electron chi connectivity index (χ2n) is 5.31. The number of rotatable bonds is 7. The van der Waals surface area contributed by atoms with E-state index in [1.807, 2.05) is 0 Å². The van der Waals surface area contributed by atoms with Gasteiger partial charge in [0.25, 0.3) is 5.69 Å². The summed E-state index contributed by atoms with van der Waals surface area (Å²) in [5.41, 5.74) is 0.0904. The number of sulfonamides is 1. The first-order valence-electron chi connectivity index (χ1n) is 7.32. The molecule has 134 valence electrons. The van der Waals surface area contributed by atoms with E-state index in [0.29, 0.717) is 5.56 Å². The molecule has 0 aliphatic carbocycles. The summed E-state index contributed by atoms with van der Waals surface area (Å²) in [6, 6.07) is 9.45. The number of aryl methyl sites for hydroxylation is 1. The number of hydrogen-bond acceptors (Lipinski definition) is 5. The predicted octanol–water partition coefficient (Wildman–Crippen LogP) is 2.74. The molecule has 2 aromatic carbocycles. The minimum Gasteiger partial charge on any atom is -0.489 e. The van der Waals surface area contributed by atoms with Crippen LogP contribution in [0, 0.1) is 22.9 Å². The number of nitro groups is 1. The summed E-state index contributed by atoms with van der Waals surface area (Å²) in [4.78, 5) is 10.1. The van der Waals surface area contributed by atoms with Crippen LogP contribution in [0.15, 0.2) is 47.4 Å². The number of hydrogen-bond donors (Lipinski definition) is 0. The number of halogens is 1. The van der Waals surface area contributed by atoms with Crippen molar-refractivity contribution in [2.45, 2.75) is 11.8 Å². The molecule has 9 heteroatoms. The van der Waals surface area contributed by atoms with Gasteiger partial charge in [-0.25, -0.2) is 12.8 Å². The Bertz CT molecular complexity index is 886. The fourth-order valence-electron chi connectivity index (χ4n) is 2.11. The molecule has 0 heterocycles. The maximum Gasteiger partial charge on any atom is 0.270 e. The van der Waals surface area contributed by atoms with E-state index in [-0.39, 0.29) is 29.5 Å². The molecule has 0 aliphatic rings. The van der Waals surface area contributed by atoms with E-state index >= 15 is 0 Å². The molecule has 0 aromatic heterocycles. The summed E-state index contributed by atoms with van der Waals surface area (Å²) in [6.45, 7) is 1.45. The van der Waals surface area contributed by atoms with Gasteiger partial charge < -0.3 is 4.74 Å². The number of non-ortho nitro benzene ring substituents is 1. The number of ether oxygens (including phenoxy) is 1. The molecule has 0 unspecified atom stereocenters. The molecule has 25 heavy (non-hydrogen) atoms. The quantitative estimate of drug-likeness (QED) is 0.554. The predicted molar refractivity (Wildman–Crippen MR) is 89.5 cm³/mol. The first-order valence-corrected chi connectivity index (χ1v) is 8.76. The zero-order valence-corrected chi connectivity index (χ0v) is 14.5. The standard InChI is InChI=1S/C16H17FN2O5S/c1-12-7-8-13(19(20)21)11-16(12)25(22,23)18(2)9-10-24-15-6-4-3-5-14(15)17/h3-8,11H,9-10H2,1-2H3. The lowest BCUT2D eigenvalue weighted by Crippen LogP contribution is -2.31. The molecular formula is C16H17FN2O5S. The van der Waals surface area contributed by atoms with Gasteiger partial charge in [0.15, 0.2) is 11.6 Å². The van der Waals surface area contributed by atoms with Crippen LogP contribution in [0.3, 0.4) is 0 Å². The molecule has 0 aliphatic heterocycles. The minimum atomic E-state index is -3.94. The van der Waals surface area contributed by atoms with Gasteiger partial charge in [0, 0.05) is 25.7 Å². The Hall–Kier alpha value is -2.52. The van der Waals surface area contributed by atoms with E-state index in [1.54, 1.807) is 13.0 Å². The lowest BCUT2D eigenvalue weighted by molar-refractivity contribution is -0.385. The monoisotopic (exact) mass is 368 g/mol. The van der Waals surface area contributed by atoms with Crippen LogP contribution in [-0.2, 0) is 10.0 Å². The third-order valence-electron chi connectivity index (χ3n) is 3.57. The summed E-state index contributed by atoms with van der Waals surface area (Å²) in [6.07, 6.45) is 0. The highest BCUT2D eigenvalue weighted by Crippen LogP contribution is 2.24. The molecule has 0 radical (unpaired) electrons. The number of likely N-dealkylation sites (N-methyl/N-ethyl adjacent to an activating group) is 1. The molecule has 0 N–H and O–H groups in total. The Morgan fingerprint density at radius 1 is 1.24 bits per heavy atom. The van der Waals surface area contributed by atoms with Crippen molar-refractivity contribution < 1.29 is 22.5 Å². The van der Waals surface area contributed by atoms with E-state index in [2.05, 4.69) is 0 Å². The summed E-state index contributed by atoms with van der Waals surface area (Å²) in [7, 11) is -2.60. The fraction of sp³-hybridized carbons (Fsp3) is 0.250. The highest BCUT2D eigenvalue weighted by atomic mass is 32.2. The SMILES string of the molecule is Cc1ccc([N+](=O)[O-])cc1S(=O)(=O)N(C)CCOc1ccccc1F. The van der Waals surface area contributed by atoms with Gasteiger partial charge in [0.05, 0.1) is 9.82 Å². The van der Waals surface area contributed by atoms with Crippen molar-refractivity contribution in [3.63, 3.8) is 0 Å². The first kappa shape index (κ1) is 18.8. The lowest BCUT2D eigenvalue weighted by Gasteiger charge is -2.18. The minimum absolute atomic E-state index is 0.0276. The summed E-state index contributed by atoms with van der Waals surface area (Å²) < 4.78 is 44.9. The first-order chi connectivity index (χ1) is 11.7. The van der Waals surface area contributed by atoms with Gasteiger partial charge in [-0.3, -0.25) is 10.1 Å². The van der Waals surface area contributed by atoms with E-state index < -0.39 is 20.8 Å². The van der Waals surface area contributed by atoms with E-state index in [4.69, 9.17) is 4.74 Å². The van der Waals surface area contributed by atoms with Gasteiger partial charge >= 0.3 is 0 Å². The molecule has 0 amide bonds. The van der Waals surface area contributed by atoms with Crippen molar-refractivity contribution in [1.29, 1.82) is 0 Å². The summed E-state index contributed by atoms with van der Waals surface area (Å²) in [5, 5.41) is 10.9. The zero-order valence-electron chi connectivity index (χ0n) is 13.7. The third-order valence-corrected chi connectivity index (χ3v) is 5.57. The van der Waals surface area contributed by atoms with Crippen LogP contribution in [0.1, 0.15) is 5.56 Å². The van der Waals surface area contributed by atoms with Crippen LogP contribution in [0.2, 0.25) is 0 Å². The Labute approximate surface area is 144 Å². The highest BCUT2D eigenvalue weighted by Gasteiger charge is 2.25. The van der Waals surface area contributed by atoms with E-state index in [9.17, 15) is 22.9 Å². The number of benzene rings is 2. The second-order valence-corrected chi connectivity index (χ2v) is 7.33. The third kappa shape index (κ3) is 4.31. The summed E-state index contributed by atoms with van der Waals surface area (Å²) in [5.74, 6) is -0.512. The smallest absolute Gasteiger partial charge is 0.270 e. The number of para-hydroxylation sites is 1. The average Bonchev–Trinajstić information content (AvgIpc) is 2.56. The highest BCUT2D eigenvalue weighted by molar-refractivity contribution is 7.89. The van der Waals surface area contributed by atoms with Crippen molar-refractivity contribution in [3.8, 4) is 5.75 Å². The Morgan fingerprint density at radius 3 is 2.56 bits per heavy atom. The van der Waals surface area contributed by atoms with Crippen LogP contribution in [-0.4, -0.2) is 37.8 Å². The average molecular weight is 368 g/mol. The molecule has 0 saturated carbocycles. The Morgan fingerprint density at radius 2 is 1.92 bits per heavy atom. The molecule has 2 aromatic rings. The summed E-state index contributed by atoms with van der Waals surface area (Å²) >= 11 is 0. The topological polar surface area (TPSA) is 89.8 Å². The van der Waals surface area contributed by atoms with Crippen molar-refractivity contribution in [2.75, 3.05) is 20.2 Å². The molecule has 2 rings (SSSR count). The largest absolute Gasteiger partial charge is 0.489 e. The van der Waals surface area contributed by atoms with Gasteiger partial charge in [-0.15, -0.1) is 0 Å². The van der Waals surface area contributed by atoms with Crippen molar-refractivity contribution in [3.05, 3.63) is 64.0 Å². The maximum absolute atomic E-state index is 13.5. The van der Waals surface area contributed by atoms with Crippen LogP contribution >= 0.6 is 0 Å². The Kier molecular flexibility index (Phi) is 5.70. The zero-order chi connectivity index (χ0) is 18.6. The van der Waals surface area contributed by atoms with Crippen LogP contribution < -0.4 is 4.74 Å². The Balaban J connectivity index is 2.12. The van der Waals surface area contributed by atoms with Gasteiger partial charge in [-0.05, 0) is 24.6 Å². The van der Waals surface area contributed by atoms with E-state index in [0.717, 1.165) is 10.4 Å². The van der Waals surface area contributed by atoms with Crippen molar-refractivity contribution >= 4 is 15.7 Å². The fourth-order valence-corrected chi connectivity index (χ4v) is 3.51. The molecule has 0 saturated heterocycles.